The van der Waals surface area contributed by atoms with Crippen LogP contribution in [0.4, 0.5) is 5.69 Å². The van der Waals surface area contributed by atoms with Gasteiger partial charge >= 0.3 is 0 Å². The molecule has 2 atom stereocenters. The van der Waals surface area contributed by atoms with Gasteiger partial charge in [0, 0.05) is 23.0 Å². The molecule has 6 N–H and O–H groups in total. The van der Waals surface area contributed by atoms with Crippen molar-refractivity contribution < 1.29 is 0 Å². The fourth-order valence-electron chi connectivity index (χ4n) is 3.46. The van der Waals surface area contributed by atoms with Crippen LogP contribution in [0.15, 0.2) is 39.1 Å². The van der Waals surface area contributed by atoms with Gasteiger partial charge in [0.2, 0.25) is 11.7 Å². The maximum absolute atomic E-state index is 6.47. The molecule has 8 heteroatoms. The average Bonchev–Trinajstić information content (AvgIpc) is 3.01. The molecule has 1 aromatic carbocycles. The molecule has 0 amide bonds. The van der Waals surface area contributed by atoms with Gasteiger partial charge in [-0.15, -0.1) is 11.8 Å². The van der Waals surface area contributed by atoms with Crippen LogP contribution < -0.4 is 22.1 Å². The highest BCUT2D eigenvalue weighted by atomic mass is 32.2. The van der Waals surface area contributed by atoms with Gasteiger partial charge in [0.05, 0.1) is 0 Å². The topological polar surface area (TPSA) is 104 Å². The lowest BCUT2D eigenvalue weighted by Crippen LogP contribution is -2.54. The number of hydrogen-bond donors (Lipinski definition) is 4. The largest absolute Gasteiger partial charge is 0.370 e. The Kier molecular flexibility index (Phi) is 5.51. The Bertz CT molecular complexity index is 657. The zero-order chi connectivity index (χ0) is 17.9. The highest BCUT2D eigenvalue weighted by Crippen LogP contribution is 2.27. The first-order valence-corrected chi connectivity index (χ1v) is 9.90. The lowest BCUT2D eigenvalue weighted by molar-refractivity contribution is 0.217. The number of nitrogens with zero attached hydrogens (tertiary/aromatic N) is 3. The number of nitrogens with two attached hydrogens (primary N) is 2. The van der Waals surface area contributed by atoms with Crippen molar-refractivity contribution in [2.24, 2.45) is 21.5 Å². The SMILES string of the molecule is CCN1CCCC1CC1(N)N=C(N)NC(Nc2ccc(SC)cc2)=N1. The van der Waals surface area contributed by atoms with E-state index in [1.165, 1.54) is 11.3 Å². The van der Waals surface area contributed by atoms with Crippen molar-refractivity contribution in [3.8, 4) is 0 Å². The van der Waals surface area contributed by atoms with Gasteiger partial charge in [-0.1, -0.05) is 6.92 Å². The third-order valence-electron chi connectivity index (χ3n) is 4.66. The third kappa shape index (κ3) is 4.45. The van der Waals surface area contributed by atoms with Gasteiger partial charge in [-0.05, 0) is 56.5 Å². The molecule has 3 rings (SSSR count). The predicted molar refractivity (Wildman–Crippen MR) is 106 cm³/mol. The molecule has 2 aliphatic heterocycles. The molecular formula is C17H27N7S. The van der Waals surface area contributed by atoms with Crippen LogP contribution in [0.5, 0.6) is 0 Å². The Morgan fingerprint density at radius 3 is 2.80 bits per heavy atom. The van der Waals surface area contributed by atoms with Crippen molar-refractivity contribution in [2.75, 3.05) is 24.7 Å². The Balaban J connectivity index is 1.73. The summed E-state index contributed by atoms with van der Waals surface area (Å²) in [5, 5.41) is 6.21. The van der Waals surface area contributed by atoms with Gasteiger partial charge < -0.3 is 16.0 Å². The molecule has 0 saturated carbocycles. The molecule has 0 aliphatic carbocycles. The van der Waals surface area contributed by atoms with Crippen LogP contribution in [-0.4, -0.2) is 48.0 Å². The van der Waals surface area contributed by atoms with Crippen molar-refractivity contribution in [1.29, 1.82) is 0 Å². The maximum atomic E-state index is 6.47. The normalized spacial score (nSPS) is 26.8. The molecule has 2 aliphatic rings. The minimum Gasteiger partial charge on any atom is -0.370 e. The number of nitrogens with one attached hydrogen (secondary N) is 2. The van der Waals surface area contributed by atoms with Crippen LogP contribution >= 0.6 is 11.8 Å². The number of likely N-dealkylation sites (tertiary alicyclic amines) is 1. The quantitative estimate of drug-likeness (QED) is 0.594. The summed E-state index contributed by atoms with van der Waals surface area (Å²) < 4.78 is 0. The van der Waals surface area contributed by atoms with Crippen molar-refractivity contribution in [1.82, 2.24) is 10.2 Å². The minimum atomic E-state index is -1.03. The molecule has 0 spiro atoms. The molecular weight excluding hydrogens is 334 g/mol. The summed E-state index contributed by atoms with van der Waals surface area (Å²) in [4.78, 5) is 12.6. The number of thioether (sulfide) groups is 1. The van der Waals surface area contributed by atoms with Gasteiger partial charge in [-0.3, -0.25) is 11.1 Å². The fourth-order valence-corrected chi connectivity index (χ4v) is 3.86. The fraction of sp³-hybridized carbons (Fsp3) is 0.529. The van der Waals surface area contributed by atoms with Crippen LogP contribution in [0, 0.1) is 0 Å². The molecule has 0 radical (unpaired) electrons. The van der Waals surface area contributed by atoms with E-state index in [4.69, 9.17) is 11.5 Å². The number of benzene rings is 1. The molecule has 25 heavy (non-hydrogen) atoms. The van der Waals surface area contributed by atoms with Crippen LogP contribution in [0.1, 0.15) is 26.2 Å². The summed E-state index contributed by atoms with van der Waals surface area (Å²) in [5.74, 6) is -0.200. The van der Waals surface area contributed by atoms with Crippen LogP contribution in [-0.2, 0) is 0 Å². The highest BCUT2D eigenvalue weighted by molar-refractivity contribution is 7.98. The Labute approximate surface area is 153 Å². The molecule has 1 fully saturated rings. The van der Waals surface area contributed by atoms with Gasteiger partial charge in [-0.2, -0.15) is 0 Å². The maximum Gasteiger partial charge on any atom is 0.211 e. The molecule has 136 valence electrons. The first kappa shape index (κ1) is 18.0. The zero-order valence-electron chi connectivity index (χ0n) is 14.8. The first-order valence-electron chi connectivity index (χ1n) is 8.67. The van der Waals surface area contributed by atoms with Gasteiger partial charge in [-0.25, -0.2) is 9.98 Å². The summed E-state index contributed by atoms with van der Waals surface area (Å²) in [6.07, 6.45) is 5.05. The smallest absolute Gasteiger partial charge is 0.211 e. The minimum absolute atomic E-state index is 0.293. The Hall–Kier alpha value is -1.77. The van der Waals surface area contributed by atoms with E-state index in [9.17, 15) is 0 Å². The predicted octanol–water partition coefficient (Wildman–Crippen LogP) is 1.58. The Morgan fingerprint density at radius 1 is 1.36 bits per heavy atom. The summed E-state index contributed by atoms with van der Waals surface area (Å²) in [7, 11) is 0. The molecule has 2 unspecified atom stereocenters. The standard InChI is InChI=1S/C17H27N7S/c1-3-24-10-4-5-13(24)11-17(19)22-15(18)21-16(23-17)20-12-6-8-14(25-2)9-7-12/h6-9,13H,3-5,10-11,19H2,1-2H3,(H4,18,20,21,22,23). The van der Waals surface area contributed by atoms with E-state index in [0.29, 0.717) is 24.4 Å². The summed E-state index contributed by atoms with van der Waals surface area (Å²) in [6, 6.07) is 8.52. The van der Waals surface area contributed by atoms with Crippen molar-refractivity contribution >= 4 is 29.4 Å². The van der Waals surface area contributed by atoms with Crippen LogP contribution in [0.2, 0.25) is 0 Å². The van der Waals surface area contributed by atoms with Crippen LogP contribution in [0.3, 0.4) is 0 Å². The van der Waals surface area contributed by atoms with E-state index in [1.54, 1.807) is 11.8 Å². The molecule has 0 aromatic heterocycles. The molecule has 2 heterocycles. The Morgan fingerprint density at radius 2 is 2.12 bits per heavy atom. The van der Waals surface area contributed by atoms with Crippen LogP contribution in [0.25, 0.3) is 0 Å². The second-order valence-corrected chi connectivity index (χ2v) is 7.32. The van der Waals surface area contributed by atoms with E-state index >= 15 is 0 Å². The van der Waals surface area contributed by atoms with Crippen molar-refractivity contribution in [3.05, 3.63) is 24.3 Å². The van der Waals surface area contributed by atoms with Crippen molar-refractivity contribution in [3.63, 3.8) is 0 Å². The number of aliphatic imine (C=N–C) groups is 2. The van der Waals surface area contributed by atoms with Gasteiger partial charge in [0.25, 0.3) is 0 Å². The zero-order valence-corrected chi connectivity index (χ0v) is 15.6. The molecule has 1 aromatic rings. The monoisotopic (exact) mass is 361 g/mol. The number of guanidine groups is 2. The molecule has 7 nitrogen and oxygen atoms in total. The summed E-state index contributed by atoms with van der Waals surface area (Å²) in [6.45, 7) is 4.32. The van der Waals surface area contributed by atoms with E-state index in [1.807, 2.05) is 12.1 Å². The van der Waals surface area contributed by atoms with Gasteiger partial charge in [0.1, 0.15) is 0 Å². The molecule has 0 bridgehead atoms. The number of rotatable bonds is 5. The summed E-state index contributed by atoms with van der Waals surface area (Å²) in [5.41, 5.74) is 13.4. The van der Waals surface area contributed by atoms with E-state index < -0.39 is 5.79 Å². The first-order chi connectivity index (χ1) is 12.0. The van der Waals surface area contributed by atoms with E-state index in [2.05, 4.69) is 50.8 Å². The summed E-state index contributed by atoms with van der Waals surface area (Å²) >= 11 is 1.71. The van der Waals surface area contributed by atoms with Crippen molar-refractivity contribution in [2.45, 2.75) is 42.9 Å². The van der Waals surface area contributed by atoms with Gasteiger partial charge in [0.15, 0.2) is 5.96 Å². The number of hydrogen-bond acceptors (Lipinski definition) is 8. The highest BCUT2D eigenvalue weighted by Gasteiger charge is 2.35. The lowest BCUT2D eigenvalue weighted by atomic mass is 10.1. The number of anilines is 1. The average molecular weight is 362 g/mol. The van der Waals surface area contributed by atoms with E-state index in [0.717, 1.165) is 25.2 Å². The van der Waals surface area contributed by atoms with E-state index in [-0.39, 0.29) is 0 Å². The lowest BCUT2D eigenvalue weighted by Gasteiger charge is -2.32. The second kappa shape index (κ2) is 7.63. The second-order valence-electron chi connectivity index (χ2n) is 6.44. The third-order valence-corrected chi connectivity index (χ3v) is 5.40. The molecule has 1 saturated heterocycles.